The Kier molecular flexibility index (Phi) is 17.5. The van der Waals surface area contributed by atoms with Crippen LogP contribution in [-0.2, 0) is 42.7 Å². The molecule has 21 nitrogen and oxygen atoms in total. The number of aliphatic hydroxyl groups is 11. The molecular formula is C51H84O21. The third-order valence-corrected chi connectivity index (χ3v) is 19.3. The van der Waals surface area contributed by atoms with Crippen molar-refractivity contribution >= 4 is 11.9 Å². The van der Waals surface area contributed by atoms with Gasteiger partial charge in [-0.05, 0) is 124 Å². The minimum atomic E-state index is -1.99. The number of esters is 1. The van der Waals surface area contributed by atoms with Crippen LogP contribution in [0.4, 0.5) is 0 Å². The molecule has 3 saturated heterocycles. The molecule has 414 valence electrons. The average Bonchev–Trinajstić information content (AvgIpc) is 3.70. The number of aliphatic hydroxyl groups excluding tert-OH is 11. The predicted molar refractivity (Wildman–Crippen MR) is 250 cm³/mol. The number of carboxylic acid groups (broad SMARTS) is 1. The summed E-state index contributed by atoms with van der Waals surface area (Å²) in [5.41, 5.74) is -1.39. The standard InChI is InChI=1S/C51H84O21/c1-23(2)10-9-14-51(8,72-45-40(64)38(62)35(59)26(20-52)67-45)24-11-16-50(7)34(24)25(55)18-30-48(5)15-13-31(47(3,4)29(48)12-17-49(30,50)6)69-46-43(39(63)36(60)27(21-53)68-46)71-44-41(65)42(37(61)28(22-54)66-44)70-33(58)19-32(56)57/h10,24-31,34-46,52-55,59-65H,9,11-22H2,1-8H3,(H,56,57)/t24-,25+,26+,27+,28+,29-,30+,31-,34-,35+,36+,37+,38-,39-,40+,41+,42-,43+,44-,45-,46-,48-,49+,50+,51-/m0/s1. The summed E-state index contributed by atoms with van der Waals surface area (Å²) in [5.74, 6) is -3.15. The molecule has 0 unspecified atom stereocenters. The molecule has 0 aromatic heterocycles. The van der Waals surface area contributed by atoms with Gasteiger partial charge in [0.1, 0.15) is 73.6 Å². The fraction of sp³-hybridized carbons (Fsp3) is 0.922. The number of allylic oxidation sites excluding steroid dienone is 2. The van der Waals surface area contributed by atoms with Gasteiger partial charge in [0.2, 0.25) is 0 Å². The van der Waals surface area contributed by atoms with E-state index in [1.165, 1.54) is 0 Å². The lowest BCUT2D eigenvalue weighted by Crippen LogP contribution is -2.68. The second-order valence-corrected chi connectivity index (χ2v) is 23.9. The lowest BCUT2D eigenvalue weighted by molar-refractivity contribution is -0.378. The average molecular weight is 1030 g/mol. The molecule has 4 saturated carbocycles. The molecule has 0 spiro atoms. The van der Waals surface area contributed by atoms with Gasteiger partial charge in [0.25, 0.3) is 0 Å². The smallest absolute Gasteiger partial charge is 0.317 e. The van der Waals surface area contributed by atoms with Crippen LogP contribution in [0.3, 0.4) is 0 Å². The Morgan fingerprint density at radius 1 is 0.653 bits per heavy atom. The summed E-state index contributed by atoms with van der Waals surface area (Å²) in [5, 5.41) is 129. The molecule has 7 rings (SSSR count). The summed E-state index contributed by atoms with van der Waals surface area (Å²) in [6.45, 7) is 15.1. The van der Waals surface area contributed by atoms with E-state index in [9.17, 15) is 65.8 Å². The minimum absolute atomic E-state index is 0.0267. The predicted octanol–water partition coefficient (Wildman–Crippen LogP) is -0.00120. The van der Waals surface area contributed by atoms with Gasteiger partial charge >= 0.3 is 11.9 Å². The SMILES string of the molecule is CC(C)=CCC[C@](C)(O[C@@H]1O[C@H](CO)[C@@H](O)[C@H](O)[C@H]1O)[C@H]1CC[C@]2(C)[C@@H]1[C@H](O)C[C@@H]1[C@@]3(C)CC[C@H](O[C@@H]4O[C@H](CO)[C@@H](O)[C@H](O)[C@H]4O[C@@H]4O[C@H](CO)[C@@H](O)[C@H](OC(=O)CC(=O)O)[C@H]4O)C(C)(C)[C@@H]3CC[C@]12C. The van der Waals surface area contributed by atoms with Gasteiger partial charge in [-0.1, -0.05) is 46.3 Å². The molecule has 0 aromatic rings. The molecule has 3 heterocycles. The van der Waals surface area contributed by atoms with E-state index in [0.717, 1.165) is 24.8 Å². The van der Waals surface area contributed by atoms with Crippen LogP contribution < -0.4 is 0 Å². The number of hydrogen-bond donors (Lipinski definition) is 12. The summed E-state index contributed by atoms with van der Waals surface area (Å²) in [6, 6.07) is 0. The maximum absolute atomic E-state index is 12.7. The largest absolute Gasteiger partial charge is 0.481 e. The monoisotopic (exact) mass is 1030 g/mol. The van der Waals surface area contributed by atoms with Gasteiger partial charge in [-0.15, -0.1) is 0 Å². The molecular weight excluding hydrogens is 949 g/mol. The van der Waals surface area contributed by atoms with Crippen LogP contribution in [0, 0.1) is 45.3 Å². The molecule has 0 bridgehead atoms. The molecule has 7 fully saturated rings. The third-order valence-electron chi connectivity index (χ3n) is 19.3. The van der Waals surface area contributed by atoms with E-state index in [1.54, 1.807) is 0 Å². The van der Waals surface area contributed by atoms with Crippen LogP contribution in [-0.4, -0.2) is 203 Å². The van der Waals surface area contributed by atoms with Crippen molar-refractivity contribution in [3.8, 4) is 0 Å². The highest BCUT2D eigenvalue weighted by Crippen LogP contribution is 2.76. The molecule has 0 radical (unpaired) electrons. The zero-order chi connectivity index (χ0) is 53.2. The van der Waals surface area contributed by atoms with E-state index in [4.69, 9.17) is 38.3 Å². The number of fused-ring (bicyclic) bond motifs is 5. The first-order valence-electron chi connectivity index (χ1n) is 25.9. The minimum Gasteiger partial charge on any atom is -0.481 e. The van der Waals surface area contributed by atoms with Crippen molar-refractivity contribution in [2.75, 3.05) is 19.8 Å². The van der Waals surface area contributed by atoms with Crippen molar-refractivity contribution in [2.45, 2.75) is 230 Å². The van der Waals surface area contributed by atoms with Crippen molar-refractivity contribution in [3.05, 3.63) is 11.6 Å². The Bertz CT molecular complexity index is 1920. The van der Waals surface area contributed by atoms with E-state index >= 15 is 0 Å². The number of ether oxygens (including phenoxy) is 7. The van der Waals surface area contributed by atoms with Crippen molar-refractivity contribution in [1.29, 1.82) is 0 Å². The molecule has 0 aromatic carbocycles. The molecule has 7 aliphatic rings. The highest BCUT2D eigenvalue weighted by molar-refractivity contribution is 5.90. The van der Waals surface area contributed by atoms with Gasteiger partial charge in [-0.25, -0.2) is 0 Å². The maximum atomic E-state index is 12.7. The van der Waals surface area contributed by atoms with Crippen LogP contribution in [0.15, 0.2) is 11.6 Å². The molecule has 25 atom stereocenters. The van der Waals surface area contributed by atoms with Crippen molar-refractivity contribution < 1.29 is 104 Å². The second kappa shape index (κ2) is 21.8. The van der Waals surface area contributed by atoms with E-state index in [2.05, 4.69) is 40.7 Å². The van der Waals surface area contributed by atoms with Gasteiger partial charge in [-0.3, -0.25) is 9.59 Å². The molecule has 4 aliphatic carbocycles. The lowest BCUT2D eigenvalue weighted by Gasteiger charge is -2.71. The normalized spacial score (nSPS) is 48.8. The van der Waals surface area contributed by atoms with E-state index in [1.807, 2.05) is 20.8 Å². The van der Waals surface area contributed by atoms with Gasteiger partial charge in [0, 0.05) is 0 Å². The van der Waals surface area contributed by atoms with Gasteiger partial charge in [-0.2, -0.15) is 0 Å². The highest BCUT2D eigenvalue weighted by Gasteiger charge is 2.72. The molecule has 72 heavy (non-hydrogen) atoms. The number of carbonyl (C=O) groups is 2. The quantitative estimate of drug-likeness (QED) is 0.0419. The molecule has 21 heteroatoms. The number of aliphatic carboxylic acids is 1. The first kappa shape index (κ1) is 57.7. The topological polar surface area (TPSA) is 342 Å². The van der Waals surface area contributed by atoms with Crippen molar-refractivity contribution in [3.63, 3.8) is 0 Å². The zero-order valence-corrected chi connectivity index (χ0v) is 42.9. The van der Waals surface area contributed by atoms with Crippen LogP contribution in [0.25, 0.3) is 0 Å². The zero-order valence-electron chi connectivity index (χ0n) is 42.9. The summed E-state index contributed by atoms with van der Waals surface area (Å²) in [7, 11) is 0. The molecule has 0 amide bonds. The van der Waals surface area contributed by atoms with E-state index < -0.39 is 154 Å². The van der Waals surface area contributed by atoms with Crippen LogP contribution in [0.5, 0.6) is 0 Å². The Balaban J connectivity index is 1.12. The Morgan fingerprint density at radius 2 is 1.24 bits per heavy atom. The first-order chi connectivity index (χ1) is 33.6. The number of carboxylic acids is 1. The Hall–Kier alpha value is -2.00. The van der Waals surface area contributed by atoms with Gasteiger partial charge in [0.15, 0.2) is 25.0 Å². The summed E-state index contributed by atoms with van der Waals surface area (Å²) >= 11 is 0. The number of rotatable bonds is 16. The third kappa shape index (κ3) is 10.2. The van der Waals surface area contributed by atoms with E-state index in [-0.39, 0.29) is 39.9 Å². The van der Waals surface area contributed by atoms with Crippen LogP contribution >= 0.6 is 0 Å². The molecule has 3 aliphatic heterocycles. The lowest BCUT2D eigenvalue weighted by atomic mass is 9.35. The van der Waals surface area contributed by atoms with Crippen molar-refractivity contribution in [2.24, 2.45) is 45.3 Å². The van der Waals surface area contributed by atoms with Gasteiger partial charge in [0.05, 0.1) is 37.6 Å². The van der Waals surface area contributed by atoms with Crippen LogP contribution in [0.2, 0.25) is 0 Å². The maximum Gasteiger partial charge on any atom is 0.317 e. The number of carbonyl (C=O) groups excluding carboxylic acids is 1. The van der Waals surface area contributed by atoms with E-state index in [0.29, 0.717) is 38.5 Å². The summed E-state index contributed by atoms with van der Waals surface area (Å²) < 4.78 is 42.5. The fourth-order valence-corrected chi connectivity index (χ4v) is 15.3. The second-order valence-electron chi connectivity index (χ2n) is 23.9. The van der Waals surface area contributed by atoms with Gasteiger partial charge < -0.3 is 94.4 Å². The van der Waals surface area contributed by atoms with Crippen molar-refractivity contribution in [1.82, 2.24) is 0 Å². The summed E-state index contributed by atoms with van der Waals surface area (Å²) in [6.07, 6.45) is -18.5. The van der Waals surface area contributed by atoms with Crippen LogP contribution in [0.1, 0.15) is 120 Å². The Labute approximate surface area is 421 Å². The summed E-state index contributed by atoms with van der Waals surface area (Å²) in [4.78, 5) is 23.5. The fourth-order valence-electron chi connectivity index (χ4n) is 15.3. The molecule has 12 N–H and O–H groups in total. The number of hydrogen-bond acceptors (Lipinski definition) is 20. The highest BCUT2D eigenvalue weighted by atomic mass is 16.8. The first-order valence-corrected chi connectivity index (χ1v) is 25.9. The Morgan fingerprint density at radius 3 is 1.85 bits per heavy atom.